The van der Waals surface area contributed by atoms with E-state index in [-0.39, 0.29) is 17.8 Å². The van der Waals surface area contributed by atoms with Crippen LogP contribution < -0.4 is 5.73 Å². The number of hydrogen-bond donors (Lipinski definition) is 1. The molecule has 0 spiro atoms. The van der Waals surface area contributed by atoms with Gasteiger partial charge in [-0.25, -0.2) is 14.6 Å². The molecule has 0 aliphatic heterocycles. The van der Waals surface area contributed by atoms with Crippen LogP contribution in [0.3, 0.4) is 0 Å². The molecule has 25 heavy (non-hydrogen) atoms. The van der Waals surface area contributed by atoms with Crippen molar-refractivity contribution in [3.8, 4) is 0 Å². The summed E-state index contributed by atoms with van der Waals surface area (Å²) in [6, 6.07) is 5.46. The standard InChI is InChI=1S/C17H18F3N5/c1-16(2,3)25-15-13(14(21)22-9-23-15)12(24-25)8-10-6-4-5-7-11(10)17(18,19)20/h4-7,9H,8H2,1-3H3,(H2,21,22,23). The molecule has 0 saturated heterocycles. The topological polar surface area (TPSA) is 69.6 Å². The first-order chi connectivity index (χ1) is 11.6. The van der Waals surface area contributed by atoms with Crippen LogP contribution >= 0.6 is 0 Å². The number of alkyl halides is 3. The smallest absolute Gasteiger partial charge is 0.383 e. The average Bonchev–Trinajstić information content (AvgIpc) is 2.87. The Morgan fingerprint density at radius 1 is 1.08 bits per heavy atom. The number of nitrogen functional groups attached to an aromatic ring is 1. The Labute approximate surface area is 142 Å². The third-order valence-electron chi connectivity index (χ3n) is 3.88. The number of aromatic nitrogens is 4. The number of hydrogen-bond acceptors (Lipinski definition) is 4. The molecule has 0 unspecified atom stereocenters. The highest BCUT2D eigenvalue weighted by atomic mass is 19.4. The normalized spacial score (nSPS) is 12.7. The Kier molecular flexibility index (Phi) is 3.93. The zero-order valence-electron chi connectivity index (χ0n) is 14.1. The van der Waals surface area contributed by atoms with Gasteiger partial charge < -0.3 is 5.73 Å². The second-order valence-electron chi connectivity index (χ2n) is 6.82. The van der Waals surface area contributed by atoms with Crippen molar-refractivity contribution in [3.63, 3.8) is 0 Å². The van der Waals surface area contributed by atoms with Crippen molar-refractivity contribution in [3.05, 3.63) is 47.4 Å². The van der Waals surface area contributed by atoms with E-state index in [1.54, 1.807) is 10.7 Å². The molecule has 0 radical (unpaired) electrons. The Morgan fingerprint density at radius 3 is 2.40 bits per heavy atom. The monoisotopic (exact) mass is 349 g/mol. The van der Waals surface area contributed by atoms with Crippen molar-refractivity contribution >= 4 is 16.9 Å². The van der Waals surface area contributed by atoms with E-state index in [1.165, 1.54) is 18.5 Å². The SMILES string of the molecule is CC(C)(C)n1nc(Cc2ccccc2C(F)(F)F)c2c(N)ncnc21. The van der Waals surface area contributed by atoms with Crippen LogP contribution in [0.4, 0.5) is 19.0 Å². The first-order valence-corrected chi connectivity index (χ1v) is 7.72. The molecular weight excluding hydrogens is 331 g/mol. The van der Waals surface area contributed by atoms with Crippen molar-refractivity contribution in [1.82, 2.24) is 19.7 Å². The Hall–Kier alpha value is -2.64. The molecule has 2 heterocycles. The second kappa shape index (κ2) is 5.72. The summed E-state index contributed by atoms with van der Waals surface area (Å²) in [4.78, 5) is 8.20. The van der Waals surface area contributed by atoms with Crippen molar-refractivity contribution in [1.29, 1.82) is 0 Å². The van der Waals surface area contributed by atoms with Crippen LogP contribution in [0.5, 0.6) is 0 Å². The molecule has 0 aliphatic carbocycles. The molecule has 2 aromatic heterocycles. The number of benzene rings is 1. The average molecular weight is 349 g/mol. The van der Waals surface area contributed by atoms with E-state index in [4.69, 9.17) is 5.73 Å². The highest BCUT2D eigenvalue weighted by Crippen LogP contribution is 2.34. The molecule has 0 aliphatic rings. The van der Waals surface area contributed by atoms with E-state index in [2.05, 4.69) is 15.1 Å². The Bertz CT molecular complexity index is 922. The number of fused-ring (bicyclic) bond motifs is 1. The van der Waals surface area contributed by atoms with Gasteiger partial charge in [-0.05, 0) is 32.4 Å². The largest absolute Gasteiger partial charge is 0.416 e. The van der Waals surface area contributed by atoms with Crippen LogP contribution in [0, 0.1) is 0 Å². The fraction of sp³-hybridized carbons (Fsp3) is 0.353. The first kappa shape index (κ1) is 17.2. The van der Waals surface area contributed by atoms with Gasteiger partial charge in [0.1, 0.15) is 12.1 Å². The van der Waals surface area contributed by atoms with Crippen LogP contribution in [0.1, 0.15) is 37.6 Å². The predicted octanol–water partition coefficient (Wildman–Crippen LogP) is 3.77. The van der Waals surface area contributed by atoms with E-state index < -0.39 is 17.3 Å². The van der Waals surface area contributed by atoms with Gasteiger partial charge in [0.2, 0.25) is 0 Å². The Balaban J connectivity index is 2.19. The van der Waals surface area contributed by atoms with Crippen LogP contribution in [0.15, 0.2) is 30.6 Å². The lowest BCUT2D eigenvalue weighted by Crippen LogP contribution is -2.23. The fourth-order valence-electron chi connectivity index (χ4n) is 2.77. The number of anilines is 1. The summed E-state index contributed by atoms with van der Waals surface area (Å²) in [7, 11) is 0. The van der Waals surface area contributed by atoms with Crippen LogP contribution in [0.2, 0.25) is 0 Å². The van der Waals surface area contributed by atoms with Crippen molar-refractivity contribution in [2.24, 2.45) is 0 Å². The summed E-state index contributed by atoms with van der Waals surface area (Å²) >= 11 is 0. The maximum atomic E-state index is 13.3. The molecule has 0 amide bonds. The van der Waals surface area contributed by atoms with Crippen molar-refractivity contribution in [2.75, 3.05) is 5.73 Å². The van der Waals surface area contributed by atoms with Gasteiger partial charge in [0.15, 0.2) is 5.65 Å². The summed E-state index contributed by atoms with van der Waals surface area (Å²) < 4.78 is 41.5. The molecule has 5 nitrogen and oxygen atoms in total. The zero-order chi connectivity index (χ0) is 18.4. The van der Waals surface area contributed by atoms with Crippen molar-refractivity contribution in [2.45, 2.75) is 38.9 Å². The summed E-state index contributed by atoms with van der Waals surface area (Å²) in [6.45, 7) is 5.81. The van der Waals surface area contributed by atoms with Gasteiger partial charge in [-0.15, -0.1) is 0 Å². The van der Waals surface area contributed by atoms with Gasteiger partial charge in [-0.2, -0.15) is 18.3 Å². The molecule has 2 N–H and O–H groups in total. The van der Waals surface area contributed by atoms with E-state index >= 15 is 0 Å². The summed E-state index contributed by atoms with van der Waals surface area (Å²) in [5.41, 5.74) is 5.97. The van der Waals surface area contributed by atoms with E-state index in [0.717, 1.165) is 6.07 Å². The highest BCUT2D eigenvalue weighted by molar-refractivity contribution is 5.88. The lowest BCUT2D eigenvalue weighted by molar-refractivity contribution is -0.138. The van der Waals surface area contributed by atoms with E-state index in [9.17, 15) is 13.2 Å². The molecule has 3 aromatic rings. The quantitative estimate of drug-likeness (QED) is 0.764. The Morgan fingerprint density at radius 2 is 1.76 bits per heavy atom. The number of nitrogens with zero attached hydrogens (tertiary/aromatic N) is 4. The number of rotatable bonds is 2. The molecule has 0 atom stereocenters. The maximum absolute atomic E-state index is 13.3. The van der Waals surface area contributed by atoms with Crippen LogP contribution in [-0.2, 0) is 18.1 Å². The fourth-order valence-corrected chi connectivity index (χ4v) is 2.77. The van der Waals surface area contributed by atoms with Gasteiger partial charge in [0.05, 0.1) is 22.2 Å². The van der Waals surface area contributed by atoms with Gasteiger partial charge in [-0.3, -0.25) is 0 Å². The van der Waals surface area contributed by atoms with Gasteiger partial charge in [-0.1, -0.05) is 18.2 Å². The molecule has 0 bridgehead atoms. The summed E-state index contributed by atoms with van der Waals surface area (Å²) in [6.07, 6.45) is -3.11. The molecule has 8 heteroatoms. The highest BCUT2D eigenvalue weighted by Gasteiger charge is 2.33. The van der Waals surface area contributed by atoms with Crippen molar-refractivity contribution < 1.29 is 13.2 Å². The summed E-state index contributed by atoms with van der Waals surface area (Å²) in [5.74, 6) is 0.208. The molecule has 3 rings (SSSR count). The molecular formula is C17H18F3N5. The summed E-state index contributed by atoms with van der Waals surface area (Å²) in [5, 5.41) is 5.00. The predicted molar refractivity (Wildman–Crippen MR) is 89.0 cm³/mol. The van der Waals surface area contributed by atoms with Gasteiger partial charge in [0, 0.05) is 6.42 Å². The van der Waals surface area contributed by atoms with E-state index in [1.807, 2.05) is 20.8 Å². The lowest BCUT2D eigenvalue weighted by Gasteiger charge is -2.19. The minimum atomic E-state index is -4.43. The molecule has 0 fully saturated rings. The minimum Gasteiger partial charge on any atom is -0.383 e. The zero-order valence-corrected chi connectivity index (χ0v) is 14.1. The first-order valence-electron chi connectivity index (χ1n) is 7.72. The third kappa shape index (κ3) is 3.16. The van der Waals surface area contributed by atoms with Crippen LogP contribution in [0.25, 0.3) is 11.0 Å². The maximum Gasteiger partial charge on any atom is 0.416 e. The molecule has 1 aromatic carbocycles. The lowest BCUT2D eigenvalue weighted by atomic mass is 10.0. The molecule has 132 valence electrons. The number of halogens is 3. The van der Waals surface area contributed by atoms with Crippen LogP contribution in [-0.4, -0.2) is 19.7 Å². The minimum absolute atomic E-state index is 0.00711. The van der Waals surface area contributed by atoms with Gasteiger partial charge >= 0.3 is 6.18 Å². The number of nitrogens with two attached hydrogens (primary N) is 1. The second-order valence-corrected chi connectivity index (χ2v) is 6.82. The van der Waals surface area contributed by atoms with Gasteiger partial charge in [0.25, 0.3) is 0 Å². The molecule has 0 saturated carbocycles. The van der Waals surface area contributed by atoms with E-state index in [0.29, 0.717) is 16.7 Å². The third-order valence-corrected chi connectivity index (χ3v) is 3.88.